The van der Waals surface area contributed by atoms with E-state index in [-0.39, 0.29) is 0 Å². The van der Waals surface area contributed by atoms with E-state index in [1.165, 1.54) is 11.1 Å². The second-order valence-corrected chi connectivity index (χ2v) is 5.41. The van der Waals surface area contributed by atoms with Gasteiger partial charge in [-0.05, 0) is 13.0 Å². The first-order chi connectivity index (χ1) is 8.15. The molecule has 0 saturated heterocycles. The number of nitrogens with zero attached hydrogens (tertiary/aromatic N) is 1. The molecule has 0 bridgehead atoms. The van der Waals surface area contributed by atoms with Gasteiger partial charge in [-0.1, -0.05) is 37.6 Å². The third kappa shape index (κ3) is 3.38. The summed E-state index contributed by atoms with van der Waals surface area (Å²) in [5, 5.41) is 6.62. The summed E-state index contributed by atoms with van der Waals surface area (Å²) in [7, 11) is 0. The first-order valence-corrected chi connectivity index (χ1v) is 6.78. The lowest BCUT2D eigenvalue weighted by atomic mass is 10.1. The third-order valence-electron chi connectivity index (χ3n) is 2.51. The summed E-state index contributed by atoms with van der Waals surface area (Å²) in [4.78, 5) is 4.65. The molecule has 0 aliphatic heterocycles. The Morgan fingerprint density at radius 3 is 2.88 bits per heavy atom. The molecular weight excluding hydrogens is 228 g/mol. The van der Waals surface area contributed by atoms with Gasteiger partial charge in [0.05, 0.1) is 5.69 Å². The van der Waals surface area contributed by atoms with Gasteiger partial charge in [-0.3, -0.25) is 0 Å². The highest BCUT2D eigenvalue weighted by Gasteiger charge is 2.05. The van der Waals surface area contributed by atoms with Crippen molar-refractivity contribution < 1.29 is 0 Å². The van der Waals surface area contributed by atoms with Gasteiger partial charge in [0.1, 0.15) is 5.01 Å². The predicted octanol–water partition coefficient (Wildman–Crippen LogP) is 3.62. The van der Waals surface area contributed by atoms with Crippen LogP contribution in [-0.4, -0.2) is 11.0 Å². The molecule has 1 aromatic heterocycles. The van der Waals surface area contributed by atoms with Crippen LogP contribution in [0.1, 0.15) is 25.1 Å². The van der Waals surface area contributed by atoms with Crippen molar-refractivity contribution in [2.45, 2.75) is 33.4 Å². The molecule has 0 amide bonds. The number of hydrogen-bond acceptors (Lipinski definition) is 3. The molecule has 0 saturated carbocycles. The molecule has 90 valence electrons. The zero-order chi connectivity index (χ0) is 12.3. The zero-order valence-corrected chi connectivity index (χ0v) is 11.3. The average molecular weight is 246 g/mol. The van der Waals surface area contributed by atoms with E-state index in [4.69, 9.17) is 0 Å². The van der Waals surface area contributed by atoms with Crippen molar-refractivity contribution in [2.75, 3.05) is 0 Å². The normalized spacial score (nSPS) is 11.1. The van der Waals surface area contributed by atoms with Crippen LogP contribution in [0.3, 0.4) is 0 Å². The minimum Gasteiger partial charge on any atom is -0.309 e. The quantitative estimate of drug-likeness (QED) is 0.891. The van der Waals surface area contributed by atoms with Crippen molar-refractivity contribution >= 4 is 11.3 Å². The summed E-state index contributed by atoms with van der Waals surface area (Å²) in [6.45, 7) is 7.25. The van der Waals surface area contributed by atoms with Gasteiger partial charge in [0.25, 0.3) is 0 Å². The fourth-order valence-corrected chi connectivity index (χ4v) is 2.42. The standard InChI is InChI=1S/C14H18N2S/c1-10(2)15-8-13-9-17-14(16-13)12-6-4-5-11(3)7-12/h4-7,9-10,15H,8H2,1-3H3. The molecule has 0 radical (unpaired) electrons. The molecule has 2 rings (SSSR count). The summed E-state index contributed by atoms with van der Waals surface area (Å²) in [5.74, 6) is 0. The second kappa shape index (κ2) is 5.43. The molecule has 3 heteroatoms. The molecule has 0 spiro atoms. The van der Waals surface area contributed by atoms with Gasteiger partial charge in [-0.15, -0.1) is 11.3 Å². The summed E-state index contributed by atoms with van der Waals surface area (Å²) in [6.07, 6.45) is 0. The van der Waals surface area contributed by atoms with Gasteiger partial charge in [-0.25, -0.2) is 4.98 Å². The Labute approximate surface area is 107 Å². The lowest BCUT2D eigenvalue weighted by Gasteiger charge is -2.04. The topological polar surface area (TPSA) is 24.9 Å². The Hall–Kier alpha value is -1.19. The highest BCUT2D eigenvalue weighted by Crippen LogP contribution is 2.24. The van der Waals surface area contributed by atoms with E-state index in [1.807, 2.05) is 0 Å². The van der Waals surface area contributed by atoms with Crippen LogP contribution in [0.25, 0.3) is 10.6 Å². The summed E-state index contributed by atoms with van der Waals surface area (Å²) in [6, 6.07) is 8.99. The fraction of sp³-hybridized carbons (Fsp3) is 0.357. The van der Waals surface area contributed by atoms with Crippen LogP contribution in [-0.2, 0) is 6.54 Å². The van der Waals surface area contributed by atoms with Crippen molar-refractivity contribution in [3.05, 3.63) is 40.9 Å². The Morgan fingerprint density at radius 2 is 2.18 bits per heavy atom. The largest absolute Gasteiger partial charge is 0.309 e. The lowest BCUT2D eigenvalue weighted by Crippen LogP contribution is -2.21. The maximum atomic E-state index is 4.65. The number of aryl methyl sites for hydroxylation is 1. The Balaban J connectivity index is 2.12. The number of nitrogens with one attached hydrogen (secondary N) is 1. The van der Waals surface area contributed by atoms with E-state index in [0.29, 0.717) is 6.04 Å². The Morgan fingerprint density at radius 1 is 1.35 bits per heavy atom. The number of thiazole rings is 1. The first-order valence-electron chi connectivity index (χ1n) is 5.90. The molecule has 0 unspecified atom stereocenters. The molecule has 0 atom stereocenters. The minimum atomic E-state index is 0.499. The fourth-order valence-electron chi connectivity index (χ4n) is 1.61. The van der Waals surface area contributed by atoms with Crippen LogP contribution in [0, 0.1) is 6.92 Å². The maximum Gasteiger partial charge on any atom is 0.123 e. The van der Waals surface area contributed by atoms with Gasteiger partial charge >= 0.3 is 0 Å². The molecule has 0 aliphatic carbocycles. The molecule has 1 heterocycles. The SMILES string of the molecule is Cc1cccc(-c2nc(CNC(C)C)cs2)c1. The zero-order valence-electron chi connectivity index (χ0n) is 10.5. The first kappa shape index (κ1) is 12.3. The van der Waals surface area contributed by atoms with E-state index in [1.54, 1.807) is 11.3 Å². The highest BCUT2D eigenvalue weighted by atomic mass is 32.1. The van der Waals surface area contributed by atoms with Crippen molar-refractivity contribution in [3.8, 4) is 10.6 Å². The molecule has 17 heavy (non-hydrogen) atoms. The van der Waals surface area contributed by atoms with Gasteiger partial charge in [0.2, 0.25) is 0 Å². The average Bonchev–Trinajstić information content (AvgIpc) is 2.75. The summed E-state index contributed by atoms with van der Waals surface area (Å²) < 4.78 is 0. The number of benzene rings is 1. The van der Waals surface area contributed by atoms with Crippen molar-refractivity contribution in [1.82, 2.24) is 10.3 Å². The van der Waals surface area contributed by atoms with Crippen molar-refractivity contribution in [2.24, 2.45) is 0 Å². The van der Waals surface area contributed by atoms with E-state index >= 15 is 0 Å². The lowest BCUT2D eigenvalue weighted by molar-refractivity contribution is 0.583. The maximum absolute atomic E-state index is 4.65. The molecule has 2 aromatic rings. The third-order valence-corrected chi connectivity index (χ3v) is 3.45. The molecule has 1 aromatic carbocycles. The monoisotopic (exact) mass is 246 g/mol. The Kier molecular flexibility index (Phi) is 3.92. The van der Waals surface area contributed by atoms with Gasteiger partial charge in [-0.2, -0.15) is 0 Å². The van der Waals surface area contributed by atoms with Crippen molar-refractivity contribution in [3.63, 3.8) is 0 Å². The van der Waals surface area contributed by atoms with Gasteiger partial charge in [0.15, 0.2) is 0 Å². The van der Waals surface area contributed by atoms with E-state index in [0.717, 1.165) is 17.2 Å². The predicted molar refractivity (Wildman–Crippen MR) is 74.3 cm³/mol. The second-order valence-electron chi connectivity index (χ2n) is 4.55. The van der Waals surface area contributed by atoms with Crippen LogP contribution < -0.4 is 5.32 Å². The number of rotatable bonds is 4. The molecule has 2 nitrogen and oxygen atoms in total. The summed E-state index contributed by atoms with van der Waals surface area (Å²) in [5.41, 5.74) is 3.62. The molecule has 0 aliphatic rings. The van der Waals surface area contributed by atoms with E-state index in [9.17, 15) is 0 Å². The van der Waals surface area contributed by atoms with Crippen LogP contribution in [0.5, 0.6) is 0 Å². The molecule has 1 N–H and O–H groups in total. The van der Waals surface area contributed by atoms with Crippen LogP contribution in [0.15, 0.2) is 29.6 Å². The summed E-state index contributed by atoms with van der Waals surface area (Å²) >= 11 is 1.71. The molecule has 0 fully saturated rings. The van der Waals surface area contributed by atoms with Gasteiger partial charge in [0, 0.05) is 23.5 Å². The van der Waals surface area contributed by atoms with E-state index < -0.39 is 0 Å². The van der Waals surface area contributed by atoms with Gasteiger partial charge < -0.3 is 5.32 Å². The number of aromatic nitrogens is 1. The minimum absolute atomic E-state index is 0.499. The van der Waals surface area contributed by atoms with Crippen LogP contribution >= 0.6 is 11.3 Å². The number of hydrogen-bond donors (Lipinski definition) is 1. The Bertz CT molecular complexity index is 488. The van der Waals surface area contributed by atoms with Crippen LogP contribution in [0.2, 0.25) is 0 Å². The van der Waals surface area contributed by atoms with Crippen LogP contribution in [0.4, 0.5) is 0 Å². The van der Waals surface area contributed by atoms with Crippen molar-refractivity contribution in [1.29, 1.82) is 0 Å². The smallest absolute Gasteiger partial charge is 0.123 e. The molecular formula is C14H18N2S. The highest BCUT2D eigenvalue weighted by molar-refractivity contribution is 7.13. The van der Waals surface area contributed by atoms with E-state index in [2.05, 4.69) is 60.7 Å².